The molecule has 0 radical (unpaired) electrons. The van der Waals surface area contributed by atoms with Crippen LogP contribution in [-0.4, -0.2) is 31.2 Å². The standard InChI is InChI=1S/C12H10F3NO3/c1-18-7-5-8(19-2)9(11(17)12(13,14)15)10-6(7)3-4-16-10/h3-5,16H,1-2H3. The van der Waals surface area contributed by atoms with Gasteiger partial charge in [-0.25, -0.2) is 0 Å². The van der Waals surface area contributed by atoms with Gasteiger partial charge in [-0.1, -0.05) is 0 Å². The first-order valence-corrected chi connectivity index (χ1v) is 5.23. The zero-order valence-electron chi connectivity index (χ0n) is 10.1. The second-order valence-electron chi connectivity index (χ2n) is 3.75. The average molecular weight is 273 g/mol. The molecule has 4 nitrogen and oxygen atoms in total. The lowest BCUT2D eigenvalue weighted by atomic mass is 10.0. The number of ether oxygens (including phenoxy) is 2. The summed E-state index contributed by atoms with van der Waals surface area (Å²) in [4.78, 5) is 14.1. The van der Waals surface area contributed by atoms with Gasteiger partial charge in [-0.2, -0.15) is 13.2 Å². The summed E-state index contributed by atoms with van der Waals surface area (Å²) in [5, 5.41) is 0.385. The highest BCUT2D eigenvalue weighted by Gasteiger charge is 2.42. The Morgan fingerprint density at radius 2 is 1.84 bits per heavy atom. The first-order valence-electron chi connectivity index (χ1n) is 5.23. The maximum atomic E-state index is 12.6. The molecule has 1 N–H and O–H groups in total. The highest BCUT2D eigenvalue weighted by molar-refractivity contribution is 6.13. The fourth-order valence-electron chi connectivity index (χ4n) is 1.87. The van der Waals surface area contributed by atoms with Gasteiger partial charge in [0.25, 0.3) is 5.78 Å². The molecular weight excluding hydrogens is 263 g/mol. The third kappa shape index (κ3) is 2.11. The summed E-state index contributed by atoms with van der Waals surface area (Å²) in [6.07, 6.45) is -3.54. The van der Waals surface area contributed by atoms with E-state index >= 15 is 0 Å². The molecule has 0 aliphatic rings. The molecule has 0 unspecified atom stereocenters. The minimum absolute atomic E-state index is 0.0403. The van der Waals surface area contributed by atoms with Gasteiger partial charge in [-0.15, -0.1) is 0 Å². The highest BCUT2D eigenvalue weighted by atomic mass is 19.4. The lowest BCUT2D eigenvalue weighted by Crippen LogP contribution is -2.23. The van der Waals surface area contributed by atoms with Crippen molar-refractivity contribution >= 4 is 16.7 Å². The Kier molecular flexibility index (Phi) is 3.13. The number of aromatic amines is 1. The van der Waals surface area contributed by atoms with E-state index in [9.17, 15) is 18.0 Å². The van der Waals surface area contributed by atoms with Crippen LogP contribution in [0.1, 0.15) is 10.4 Å². The predicted molar refractivity (Wildman–Crippen MR) is 61.8 cm³/mol. The smallest absolute Gasteiger partial charge is 0.455 e. The molecule has 0 amide bonds. The Morgan fingerprint density at radius 3 is 2.37 bits per heavy atom. The Balaban J connectivity index is 2.79. The molecule has 0 saturated carbocycles. The number of Topliss-reactive ketones (excluding diaryl/α,β-unsaturated/α-hetero) is 1. The van der Waals surface area contributed by atoms with Crippen LogP contribution in [-0.2, 0) is 0 Å². The van der Waals surface area contributed by atoms with Crippen molar-refractivity contribution < 1.29 is 27.4 Å². The number of hydrogen-bond acceptors (Lipinski definition) is 3. The number of carbonyl (C=O) groups is 1. The molecule has 19 heavy (non-hydrogen) atoms. The molecule has 1 aromatic carbocycles. The normalized spacial score (nSPS) is 11.6. The summed E-state index contributed by atoms with van der Waals surface area (Å²) in [5.41, 5.74) is -0.505. The topological polar surface area (TPSA) is 51.3 Å². The number of alkyl halides is 3. The number of carbonyl (C=O) groups excluding carboxylic acids is 1. The van der Waals surface area contributed by atoms with E-state index in [1.165, 1.54) is 32.5 Å². The van der Waals surface area contributed by atoms with Crippen molar-refractivity contribution in [1.29, 1.82) is 0 Å². The fraction of sp³-hybridized carbons (Fsp3) is 0.250. The van der Waals surface area contributed by atoms with Gasteiger partial charge in [0.05, 0.1) is 25.3 Å². The van der Waals surface area contributed by atoms with Crippen LogP contribution < -0.4 is 9.47 Å². The van der Waals surface area contributed by atoms with E-state index in [0.717, 1.165) is 0 Å². The van der Waals surface area contributed by atoms with Crippen LogP contribution in [0.15, 0.2) is 18.3 Å². The van der Waals surface area contributed by atoms with E-state index in [4.69, 9.17) is 9.47 Å². The van der Waals surface area contributed by atoms with E-state index in [2.05, 4.69) is 4.98 Å². The molecular formula is C12H10F3NO3. The predicted octanol–water partition coefficient (Wildman–Crippen LogP) is 2.93. The maximum absolute atomic E-state index is 12.6. The van der Waals surface area contributed by atoms with Crippen LogP contribution in [0.3, 0.4) is 0 Å². The molecule has 0 spiro atoms. The zero-order chi connectivity index (χ0) is 14.2. The summed E-state index contributed by atoms with van der Waals surface area (Å²) >= 11 is 0. The van der Waals surface area contributed by atoms with E-state index in [1.54, 1.807) is 0 Å². The molecule has 0 fully saturated rings. The zero-order valence-corrected chi connectivity index (χ0v) is 10.1. The summed E-state index contributed by atoms with van der Waals surface area (Å²) in [6.45, 7) is 0. The second-order valence-corrected chi connectivity index (χ2v) is 3.75. The van der Waals surface area contributed by atoms with Gasteiger partial charge >= 0.3 is 6.18 Å². The number of nitrogens with one attached hydrogen (secondary N) is 1. The third-order valence-corrected chi connectivity index (χ3v) is 2.70. The molecule has 1 aromatic heterocycles. The number of benzene rings is 1. The Bertz CT molecular complexity index is 631. The molecule has 1 heterocycles. The van der Waals surface area contributed by atoms with Gasteiger partial charge in [0.15, 0.2) is 0 Å². The molecule has 0 bridgehead atoms. The number of aromatic nitrogens is 1. The van der Waals surface area contributed by atoms with E-state index in [-0.39, 0.29) is 11.3 Å². The number of fused-ring (bicyclic) bond motifs is 1. The van der Waals surface area contributed by atoms with Crippen LogP contribution in [0.5, 0.6) is 11.5 Å². The molecule has 0 saturated heterocycles. The van der Waals surface area contributed by atoms with Gasteiger partial charge < -0.3 is 14.5 Å². The molecule has 7 heteroatoms. The van der Waals surface area contributed by atoms with Crippen LogP contribution in [0.4, 0.5) is 13.2 Å². The first-order chi connectivity index (χ1) is 8.90. The largest absolute Gasteiger partial charge is 0.496 e. The number of methoxy groups -OCH3 is 2. The summed E-state index contributed by atoms with van der Waals surface area (Å²) in [5.74, 6) is -1.82. The van der Waals surface area contributed by atoms with Crippen molar-refractivity contribution in [2.24, 2.45) is 0 Å². The van der Waals surface area contributed by atoms with Crippen molar-refractivity contribution in [3.8, 4) is 11.5 Å². The minimum atomic E-state index is -4.97. The summed E-state index contributed by atoms with van der Waals surface area (Å²) in [7, 11) is 2.57. The van der Waals surface area contributed by atoms with Crippen LogP contribution in [0.2, 0.25) is 0 Å². The monoisotopic (exact) mass is 273 g/mol. The third-order valence-electron chi connectivity index (χ3n) is 2.70. The molecule has 0 aliphatic heterocycles. The average Bonchev–Trinajstić information content (AvgIpc) is 2.83. The van der Waals surface area contributed by atoms with Crippen LogP contribution in [0.25, 0.3) is 10.9 Å². The summed E-state index contributed by atoms with van der Waals surface area (Å²) in [6, 6.07) is 2.79. The Morgan fingerprint density at radius 1 is 1.21 bits per heavy atom. The SMILES string of the molecule is COc1cc(OC)c2cc[nH]c2c1C(=O)C(F)(F)F. The van der Waals surface area contributed by atoms with Crippen molar-refractivity contribution in [2.75, 3.05) is 14.2 Å². The second kappa shape index (κ2) is 4.49. The number of rotatable bonds is 3. The van der Waals surface area contributed by atoms with Crippen LogP contribution >= 0.6 is 0 Å². The van der Waals surface area contributed by atoms with E-state index < -0.39 is 17.5 Å². The van der Waals surface area contributed by atoms with E-state index in [1.807, 2.05) is 0 Å². The Labute approximate surface area is 106 Å². The number of H-pyrrole nitrogens is 1. The lowest BCUT2D eigenvalue weighted by Gasteiger charge is -2.13. The number of hydrogen-bond donors (Lipinski definition) is 1. The molecule has 0 atom stereocenters. The fourth-order valence-corrected chi connectivity index (χ4v) is 1.87. The van der Waals surface area contributed by atoms with Gasteiger partial charge in [-0.05, 0) is 6.07 Å². The van der Waals surface area contributed by atoms with Gasteiger partial charge in [0, 0.05) is 17.6 Å². The highest BCUT2D eigenvalue weighted by Crippen LogP contribution is 2.38. The van der Waals surface area contributed by atoms with Gasteiger partial charge in [-0.3, -0.25) is 4.79 Å². The van der Waals surface area contributed by atoms with Crippen LogP contribution in [0, 0.1) is 0 Å². The molecule has 102 valence electrons. The maximum Gasteiger partial charge on any atom is 0.455 e. The summed E-state index contributed by atoms with van der Waals surface area (Å²) < 4.78 is 47.8. The Hall–Kier alpha value is -2.18. The van der Waals surface area contributed by atoms with Crippen molar-refractivity contribution in [3.63, 3.8) is 0 Å². The lowest BCUT2D eigenvalue weighted by molar-refractivity contribution is -0.0885. The van der Waals surface area contributed by atoms with Gasteiger partial charge in [0.2, 0.25) is 0 Å². The minimum Gasteiger partial charge on any atom is -0.496 e. The molecule has 0 aliphatic carbocycles. The first kappa shape index (κ1) is 13.3. The van der Waals surface area contributed by atoms with Crippen molar-refractivity contribution in [2.45, 2.75) is 6.18 Å². The number of ketones is 1. The number of halogens is 3. The van der Waals surface area contributed by atoms with E-state index in [0.29, 0.717) is 11.1 Å². The molecule has 2 rings (SSSR count). The molecule has 2 aromatic rings. The van der Waals surface area contributed by atoms with Crippen molar-refractivity contribution in [3.05, 3.63) is 23.9 Å². The van der Waals surface area contributed by atoms with Crippen molar-refractivity contribution in [1.82, 2.24) is 4.98 Å². The quantitative estimate of drug-likeness (QED) is 0.875. The van der Waals surface area contributed by atoms with Gasteiger partial charge in [0.1, 0.15) is 11.5 Å².